The minimum atomic E-state index is -3.68. The highest BCUT2D eigenvalue weighted by Crippen LogP contribution is 2.31. The van der Waals surface area contributed by atoms with Crippen LogP contribution in [0.25, 0.3) is 0 Å². The van der Waals surface area contributed by atoms with E-state index in [1.54, 1.807) is 12.1 Å². The maximum atomic E-state index is 11.3. The van der Waals surface area contributed by atoms with Crippen molar-refractivity contribution in [2.75, 3.05) is 32.8 Å². The zero-order valence-corrected chi connectivity index (χ0v) is 16.0. The summed E-state index contributed by atoms with van der Waals surface area (Å²) in [7, 11) is -3.68. The predicted molar refractivity (Wildman–Crippen MR) is 102 cm³/mol. The van der Waals surface area contributed by atoms with Gasteiger partial charge in [0.15, 0.2) is 11.5 Å². The van der Waals surface area contributed by atoms with Crippen LogP contribution in [0.1, 0.15) is 6.92 Å². The average molecular weight is 392 g/mol. The number of hydrogen-bond donors (Lipinski definition) is 1. The van der Waals surface area contributed by atoms with Crippen LogP contribution in [0.15, 0.2) is 53.4 Å². The van der Waals surface area contributed by atoms with E-state index in [0.29, 0.717) is 19.0 Å². The maximum absolute atomic E-state index is 11.3. The van der Waals surface area contributed by atoms with Crippen LogP contribution in [0.3, 0.4) is 0 Å². The number of fused-ring (bicyclic) bond motifs is 1. The highest BCUT2D eigenvalue weighted by atomic mass is 32.2. The number of para-hydroxylation sites is 2. The average Bonchev–Trinajstić information content (AvgIpc) is 2.67. The molecule has 1 unspecified atom stereocenters. The van der Waals surface area contributed by atoms with E-state index in [9.17, 15) is 8.42 Å². The van der Waals surface area contributed by atoms with Gasteiger partial charge in [0.2, 0.25) is 10.0 Å². The maximum Gasteiger partial charge on any atom is 0.238 e. The van der Waals surface area contributed by atoms with Crippen LogP contribution in [0.5, 0.6) is 17.2 Å². The van der Waals surface area contributed by atoms with E-state index >= 15 is 0 Å². The molecule has 27 heavy (non-hydrogen) atoms. The summed E-state index contributed by atoms with van der Waals surface area (Å²) in [6, 6.07) is 13.7. The molecule has 146 valence electrons. The summed E-state index contributed by atoms with van der Waals surface area (Å²) in [5.41, 5.74) is 0. The highest BCUT2D eigenvalue weighted by molar-refractivity contribution is 7.89. The molecule has 0 saturated heterocycles. The lowest BCUT2D eigenvalue weighted by Gasteiger charge is -2.30. The fraction of sp³-hybridized carbons (Fsp3) is 0.368. The van der Waals surface area contributed by atoms with Gasteiger partial charge in [0.25, 0.3) is 0 Å². The smallest absolute Gasteiger partial charge is 0.238 e. The Bertz CT molecular complexity index is 855. The monoisotopic (exact) mass is 392 g/mol. The van der Waals surface area contributed by atoms with Gasteiger partial charge in [0.1, 0.15) is 25.1 Å². The first kappa shape index (κ1) is 19.5. The second kappa shape index (κ2) is 8.60. The number of hydrogen-bond acceptors (Lipinski definition) is 6. The molecule has 0 aliphatic carbocycles. The van der Waals surface area contributed by atoms with Gasteiger partial charge in [-0.15, -0.1) is 0 Å². The highest BCUT2D eigenvalue weighted by Gasteiger charge is 2.22. The predicted octanol–water partition coefficient (Wildman–Crippen LogP) is 1.87. The lowest BCUT2D eigenvalue weighted by Crippen LogP contribution is -2.42. The first-order valence-electron chi connectivity index (χ1n) is 8.82. The quantitative estimate of drug-likeness (QED) is 0.738. The van der Waals surface area contributed by atoms with Crippen LogP contribution < -0.4 is 19.3 Å². The molecular weight excluding hydrogens is 368 g/mol. The van der Waals surface area contributed by atoms with Crippen molar-refractivity contribution in [1.82, 2.24) is 4.90 Å². The second-order valence-corrected chi connectivity index (χ2v) is 7.82. The molecule has 1 aliphatic heterocycles. The third kappa shape index (κ3) is 5.35. The number of likely N-dealkylation sites (N-methyl/N-ethyl adjacent to an activating group) is 1. The minimum absolute atomic E-state index is 0.0334. The van der Waals surface area contributed by atoms with E-state index in [1.165, 1.54) is 12.1 Å². The number of sulfonamides is 1. The van der Waals surface area contributed by atoms with Crippen LogP contribution in [-0.2, 0) is 10.0 Å². The Hall–Kier alpha value is -2.29. The van der Waals surface area contributed by atoms with Crippen molar-refractivity contribution in [3.63, 3.8) is 0 Å². The molecule has 2 N–H and O–H groups in total. The first-order valence-corrected chi connectivity index (χ1v) is 10.4. The molecular formula is C19H24N2O5S. The minimum Gasteiger partial charge on any atom is -0.492 e. The third-order valence-electron chi connectivity index (χ3n) is 4.31. The van der Waals surface area contributed by atoms with Gasteiger partial charge in [-0.3, -0.25) is 4.90 Å². The molecule has 0 aromatic heterocycles. The van der Waals surface area contributed by atoms with Crippen LogP contribution >= 0.6 is 0 Å². The van der Waals surface area contributed by atoms with E-state index in [4.69, 9.17) is 19.3 Å². The fourth-order valence-electron chi connectivity index (χ4n) is 2.84. The van der Waals surface area contributed by atoms with Crippen molar-refractivity contribution in [3.8, 4) is 17.2 Å². The molecule has 0 saturated carbocycles. The molecule has 0 bridgehead atoms. The van der Waals surface area contributed by atoms with Gasteiger partial charge in [-0.2, -0.15) is 0 Å². The van der Waals surface area contributed by atoms with Crippen molar-refractivity contribution in [1.29, 1.82) is 0 Å². The van der Waals surface area contributed by atoms with Crippen LogP contribution in [0.4, 0.5) is 0 Å². The molecule has 3 rings (SSSR count). The van der Waals surface area contributed by atoms with Crippen molar-refractivity contribution in [2.45, 2.75) is 17.9 Å². The normalized spacial score (nSPS) is 16.3. The van der Waals surface area contributed by atoms with Gasteiger partial charge >= 0.3 is 0 Å². The van der Waals surface area contributed by atoms with Crippen molar-refractivity contribution in [2.24, 2.45) is 5.14 Å². The SMILES string of the molecule is CCN(CCOc1ccc(S(N)(=O)=O)cc1)CC1COc2ccccc2O1. The van der Waals surface area contributed by atoms with Gasteiger partial charge in [-0.05, 0) is 42.9 Å². The van der Waals surface area contributed by atoms with Crippen molar-refractivity contribution in [3.05, 3.63) is 48.5 Å². The van der Waals surface area contributed by atoms with Gasteiger partial charge in [-0.25, -0.2) is 13.6 Å². The Morgan fingerprint density at radius 1 is 1.15 bits per heavy atom. The molecule has 0 radical (unpaired) electrons. The Morgan fingerprint density at radius 3 is 2.52 bits per heavy atom. The molecule has 7 nitrogen and oxygen atoms in total. The molecule has 1 atom stereocenters. The second-order valence-electron chi connectivity index (χ2n) is 6.26. The molecule has 8 heteroatoms. The number of ether oxygens (including phenoxy) is 3. The Morgan fingerprint density at radius 2 is 1.85 bits per heavy atom. The van der Waals surface area contributed by atoms with E-state index in [0.717, 1.165) is 31.1 Å². The molecule has 0 spiro atoms. The van der Waals surface area contributed by atoms with E-state index in [1.807, 2.05) is 24.3 Å². The van der Waals surface area contributed by atoms with Crippen LogP contribution in [0.2, 0.25) is 0 Å². The Balaban J connectivity index is 1.47. The molecule has 2 aromatic rings. The van der Waals surface area contributed by atoms with Gasteiger partial charge in [-0.1, -0.05) is 19.1 Å². The topological polar surface area (TPSA) is 91.1 Å². The Labute approximate surface area is 159 Å². The largest absolute Gasteiger partial charge is 0.492 e. The molecule has 2 aromatic carbocycles. The zero-order valence-electron chi connectivity index (χ0n) is 15.2. The lowest BCUT2D eigenvalue weighted by atomic mass is 10.2. The summed E-state index contributed by atoms with van der Waals surface area (Å²) in [5.74, 6) is 2.16. The number of primary sulfonamides is 1. The van der Waals surface area contributed by atoms with E-state index in [2.05, 4.69) is 11.8 Å². The fourth-order valence-corrected chi connectivity index (χ4v) is 3.35. The number of benzene rings is 2. The van der Waals surface area contributed by atoms with Gasteiger partial charge < -0.3 is 14.2 Å². The van der Waals surface area contributed by atoms with Crippen molar-refractivity contribution < 1.29 is 22.6 Å². The van der Waals surface area contributed by atoms with Crippen LogP contribution in [-0.4, -0.2) is 52.3 Å². The Kier molecular flexibility index (Phi) is 6.20. The van der Waals surface area contributed by atoms with E-state index < -0.39 is 10.0 Å². The molecule has 0 fully saturated rings. The summed E-state index contributed by atoms with van der Waals surface area (Å²) in [4.78, 5) is 2.29. The van der Waals surface area contributed by atoms with E-state index in [-0.39, 0.29) is 11.0 Å². The third-order valence-corrected chi connectivity index (χ3v) is 5.23. The summed E-state index contributed by atoms with van der Waals surface area (Å²) >= 11 is 0. The zero-order chi connectivity index (χ0) is 19.3. The standard InChI is InChI=1S/C19H24N2O5S/c1-2-21(13-16-14-25-18-5-3-4-6-19(18)26-16)11-12-24-15-7-9-17(10-8-15)27(20,22)23/h3-10,16H,2,11-14H2,1H3,(H2,20,22,23). The summed E-state index contributed by atoms with van der Waals surface area (Å²) in [6.07, 6.45) is -0.0334. The van der Waals surface area contributed by atoms with Gasteiger partial charge in [0, 0.05) is 13.1 Å². The number of nitrogens with zero attached hydrogens (tertiary/aromatic N) is 1. The van der Waals surface area contributed by atoms with Crippen LogP contribution in [0, 0.1) is 0 Å². The van der Waals surface area contributed by atoms with Crippen molar-refractivity contribution >= 4 is 10.0 Å². The summed E-state index contributed by atoms with van der Waals surface area (Å²) < 4.78 is 40.0. The first-order chi connectivity index (χ1) is 13.0. The number of nitrogens with two attached hydrogens (primary N) is 1. The molecule has 1 heterocycles. The lowest BCUT2D eigenvalue weighted by molar-refractivity contribution is 0.0563. The molecule has 0 amide bonds. The number of rotatable bonds is 8. The summed E-state index contributed by atoms with van der Waals surface area (Å²) in [5, 5.41) is 5.09. The van der Waals surface area contributed by atoms with Gasteiger partial charge in [0.05, 0.1) is 4.90 Å². The molecule has 1 aliphatic rings. The summed E-state index contributed by atoms with van der Waals surface area (Å²) in [6.45, 7) is 5.39.